The Kier molecular flexibility index (Phi) is 5.77. The van der Waals surface area contributed by atoms with Crippen LogP contribution in [-0.4, -0.2) is 27.0 Å². The van der Waals surface area contributed by atoms with Gasteiger partial charge in [-0.05, 0) is 18.8 Å². The van der Waals surface area contributed by atoms with Gasteiger partial charge in [-0.25, -0.2) is 4.98 Å². The van der Waals surface area contributed by atoms with Gasteiger partial charge in [0.2, 0.25) is 5.13 Å². The van der Waals surface area contributed by atoms with Crippen LogP contribution in [-0.2, 0) is 4.79 Å². The summed E-state index contributed by atoms with van der Waals surface area (Å²) in [7, 11) is 0. The molecule has 6 heteroatoms. The first kappa shape index (κ1) is 12.9. The largest absolute Gasteiger partial charge is 0.481 e. The topological polar surface area (TPSA) is 75.1 Å². The minimum absolute atomic E-state index is 0.261. The van der Waals surface area contributed by atoms with Gasteiger partial charge in [0.25, 0.3) is 0 Å². The highest BCUT2D eigenvalue weighted by atomic mass is 32.1. The highest BCUT2D eigenvalue weighted by Crippen LogP contribution is 2.16. The summed E-state index contributed by atoms with van der Waals surface area (Å²) in [6.45, 7) is 2.92. The predicted octanol–water partition coefficient (Wildman–Crippen LogP) is 2.23. The van der Waals surface area contributed by atoms with Gasteiger partial charge in [-0.1, -0.05) is 13.3 Å². The Hall–Kier alpha value is -1.17. The van der Waals surface area contributed by atoms with Crippen LogP contribution in [0.25, 0.3) is 0 Å². The van der Waals surface area contributed by atoms with Crippen LogP contribution in [0.4, 0.5) is 5.13 Å². The normalized spacial score (nSPS) is 12.3. The molecule has 1 atom stereocenters. The number of nitrogens with zero attached hydrogens (tertiary/aromatic N) is 2. The van der Waals surface area contributed by atoms with Gasteiger partial charge in [-0.2, -0.15) is 4.37 Å². The standard InChI is InChI=1S/C10H17N3O2S/c1-2-8(3-4-9(14)15)5-6-11-10-12-7-13-16-10/h7-8H,2-6H2,1H3,(H,14,15)(H,11,12,13). The van der Waals surface area contributed by atoms with E-state index < -0.39 is 5.97 Å². The summed E-state index contributed by atoms with van der Waals surface area (Å²) in [5.41, 5.74) is 0. The Bertz CT molecular complexity index is 303. The van der Waals surface area contributed by atoms with Crippen LogP contribution in [0.2, 0.25) is 0 Å². The number of carbonyl (C=O) groups is 1. The number of hydrogen-bond donors (Lipinski definition) is 2. The van der Waals surface area contributed by atoms with Crippen molar-refractivity contribution in [1.29, 1.82) is 0 Å². The molecule has 5 nitrogen and oxygen atoms in total. The van der Waals surface area contributed by atoms with Crippen molar-refractivity contribution in [1.82, 2.24) is 9.36 Å². The number of aliphatic carboxylic acids is 1. The van der Waals surface area contributed by atoms with E-state index in [1.54, 1.807) is 0 Å². The van der Waals surface area contributed by atoms with E-state index in [9.17, 15) is 4.79 Å². The molecule has 1 aromatic rings. The fourth-order valence-electron chi connectivity index (χ4n) is 1.51. The summed E-state index contributed by atoms with van der Waals surface area (Å²) in [6, 6.07) is 0. The fourth-order valence-corrected chi connectivity index (χ4v) is 1.97. The molecule has 0 saturated carbocycles. The van der Waals surface area contributed by atoms with E-state index in [1.807, 2.05) is 0 Å². The first-order chi connectivity index (χ1) is 7.72. The number of rotatable bonds is 8. The minimum atomic E-state index is -0.712. The van der Waals surface area contributed by atoms with E-state index >= 15 is 0 Å². The lowest BCUT2D eigenvalue weighted by Gasteiger charge is -2.13. The molecular formula is C10H17N3O2S. The van der Waals surface area contributed by atoms with Gasteiger partial charge in [0.05, 0.1) is 0 Å². The second-order valence-corrected chi connectivity index (χ2v) is 4.45. The molecule has 1 unspecified atom stereocenters. The zero-order chi connectivity index (χ0) is 11.8. The van der Waals surface area contributed by atoms with Gasteiger partial charge < -0.3 is 10.4 Å². The Morgan fingerprint density at radius 3 is 3.00 bits per heavy atom. The molecule has 0 aliphatic heterocycles. The zero-order valence-electron chi connectivity index (χ0n) is 9.35. The number of hydrogen-bond acceptors (Lipinski definition) is 5. The number of nitrogens with one attached hydrogen (secondary N) is 1. The molecule has 0 fully saturated rings. The lowest BCUT2D eigenvalue weighted by molar-refractivity contribution is -0.137. The Morgan fingerprint density at radius 2 is 2.44 bits per heavy atom. The number of anilines is 1. The quantitative estimate of drug-likeness (QED) is 0.732. The molecule has 0 bridgehead atoms. The van der Waals surface area contributed by atoms with E-state index in [-0.39, 0.29) is 6.42 Å². The molecular weight excluding hydrogens is 226 g/mol. The number of aromatic nitrogens is 2. The van der Waals surface area contributed by atoms with E-state index in [2.05, 4.69) is 21.6 Å². The fraction of sp³-hybridized carbons (Fsp3) is 0.700. The van der Waals surface area contributed by atoms with Crippen LogP contribution >= 0.6 is 11.5 Å². The summed E-state index contributed by atoms with van der Waals surface area (Å²) < 4.78 is 3.89. The lowest BCUT2D eigenvalue weighted by Crippen LogP contribution is -2.10. The second kappa shape index (κ2) is 7.16. The average molecular weight is 243 g/mol. The van der Waals surface area contributed by atoms with E-state index in [4.69, 9.17) is 5.11 Å². The van der Waals surface area contributed by atoms with Crippen molar-refractivity contribution in [2.75, 3.05) is 11.9 Å². The summed E-state index contributed by atoms with van der Waals surface area (Å²) in [5.74, 6) is -0.243. The van der Waals surface area contributed by atoms with Crippen molar-refractivity contribution >= 4 is 22.6 Å². The van der Waals surface area contributed by atoms with Crippen molar-refractivity contribution in [3.8, 4) is 0 Å². The van der Waals surface area contributed by atoms with Crippen molar-refractivity contribution < 1.29 is 9.90 Å². The van der Waals surface area contributed by atoms with Gasteiger partial charge in [-0.15, -0.1) is 0 Å². The van der Waals surface area contributed by atoms with Crippen molar-refractivity contribution in [2.24, 2.45) is 5.92 Å². The third-order valence-electron chi connectivity index (χ3n) is 2.53. The average Bonchev–Trinajstić information content (AvgIpc) is 2.75. The van der Waals surface area contributed by atoms with Gasteiger partial charge in [0.15, 0.2) is 0 Å². The maximum atomic E-state index is 10.4. The van der Waals surface area contributed by atoms with Crippen molar-refractivity contribution in [2.45, 2.75) is 32.6 Å². The first-order valence-electron chi connectivity index (χ1n) is 5.44. The van der Waals surface area contributed by atoms with E-state index in [1.165, 1.54) is 17.9 Å². The highest BCUT2D eigenvalue weighted by Gasteiger charge is 2.08. The van der Waals surface area contributed by atoms with Crippen LogP contribution in [0.5, 0.6) is 0 Å². The molecule has 0 amide bonds. The van der Waals surface area contributed by atoms with Gasteiger partial charge in [0.1, 0.15) is 6.33 Å². The third-order valence-corrected chi connectivity index (χ3v) is 3.16. The molecule has 0 aromatic carbocycles. The van der Waals surface area contributed by atoms with Crippen LogP contribution in [0.3, 0.4) is 0 Å². The Morgan fingerprint density at radius 1 is 1.62 bits per heavy atom. The summed E-state index contributed by atoms with van der Waals surface area (Å²) in [4.78, 5) is 14.5. The summed E-state index contributed by atoms with van der Waals surface area (Å²) in [6.07, 6.45) is 4.53. The molecule has 1 heterocycles. The molecule has 0 saturated heterocycles. The molecule has 16 heavy (non-hydrogen) atoms. The summed E-state index contributed by atoms with van der Waals surface area (Å²) in [5, 5.41) is 12.6. The van der Waals surface area contributed by atoms with Gasteiger partial charge in [-0.3, -0.25) is 4.79 Å². The smallest absolute Gasteiger partial charge is 0.303 e. The van der Waals surface area contributed by atoms with Crippen molar-refractivity contribution in [3.63, 3.8) is 0 Å². The second-order valence-electron chi connectivity index (χ2n) is 3.67. The van der Waals surface area contributed by atoms with Crippen molar-refractivity contribution in [3.05, 3.63) is 6.33 Å². The molecule has 0 aliphatic carbocycles. The molecule has 0 spiro atoms. The third kappa shape index (κ3) is 5.06. The first-order valence-corrected chi connectivity index (χ1v) is 6.22. The maximum Gasteiger partial charge on any atom is 0.303 e. The van der Waals surface area contributed by atoms with E-state index in [0.717, 1.165) is 30.9 Å². The van der Waals surface area contributed by atoms with E-state index in [0.29, 0.717) is 5.92 Å². The lowest BCUT2D eigenvalue weighted by atomic mass is 9.97. The Balaban J connectivity index is 2.16. The molecule has 1 rings (SSSR count). The maximum absolute atomic E-state index is 10.4. The molecule has 0 radical (unpaired) electrons. The number of carboxylic acid groups (broad SMARTS) is 1. The van der Waals surface area contributed by atoms with Gasteiger partial charge >= 0.3 is 5.97 Å². The van der Waals surface area contributed by atoms with Crippen LogP contribution in [0.1, 0.15) is 32.6 Å². The minimum Gasteiger partial charge on any atom is -0.481 e. The van der Waals surface area contributed by atoms with Crippen LogP contribution < -0.4 is 5.32 Å². The summed E-state index contributed by atoms with van der Waals surface area (Å²) >= 11 is 1.33. The molecule has 90 valence electrons. The van der Waals surface area contributed by atoms with Crippen LogP contribution in [0, 0.1) is 5.92 Å². The van der Waals surface area contributed by atoms with Crippen LogP contribution in [0.15, 0.2) is 6.33 Å². The van der Waals surface area contributed by atoms with Gasteiger partial charge in [0, 0.05) is 24.5 Å². The molecule has 0 aliphatic rings. The molecule has 1 aromatic heterocycles. The number of carboxylic acids is 1. The monoisotopic (exact) mass is 243 g/mol. The Labute approximate surface area is 99.1 Å². The predicted molar refractivity (Wildman–Crippen MR) is 63.7 cm³/mol. The molecule has 2 N–H and O–H groups in total. The highest BCUT2D eigenvalue weighted by molar-refractivity contribution is 7.09. The zero-order valence-corrected chi connectivity index (χ0v) is 10.2. The SMILES string of the molecule is CCC(CCNc1ncns1)CCC(=O)O.